The first kappa shape index (κ1) is 25.2. The van der Waals surface area contributed by atoms with Crippen molar-refractivity contribution >= 4 is 51.5 Å². The number of benzene rings is 4. The second-order valence-corrected chi connectivity index (χ2v) is 10.9. The zero-order valence-corrected chi connectivity index (χ0v) is 21.9. The number of carbonyl (C=O) groups is 2. The SMILES string of the molecule is O=C(NCCc1ccc(Cl)cc1)c1ccc2c(c1)N(Cc1ccc(Cl)cc1)C(=O)c1ccccc1[S@@]2=O. The van der Waals surface area contributed by atoms with Crippen molar-refractivity contribution < 1.29 is 13.8 Å². The van der Waals surface area contributed by atoms with Gasteiger partial charge in [0.15, 0.2) is 0 Å². The van der Waals surface area contributed by atoms with Crippen molar-refractivity contribution in [2.24, 2.45) is 0 Å². The Balaban J connectivity index is 1.46. The maximum atomic E-state index is 13.7. The second kappa shape index (κ2) is 10.9. The quantitative estimate of drug-likeness (QED) is 0.307. The first-order valence-corrected chi connectivity index (χ1v) is 13.5. The molecule has 5 nitrogen and oxygen atoms in total. The van der Waals surface area contributed by atoms with Gasteiger partial charge in [0.2, 0.25) is 0 Å². The number of nitrogens with zero attached hydrogens (tertiary/aromatic N) is 1. The lowest BCUT2D eigenvalue weighted by molar-refractivity contribution is 0.0950. The topological polar surface area (TPSA) is 66.5 Å². The van der Waals surface area contributed by atoms with E-state index in [1.807, 2.05) is 36.4 Å². The van der Waals surface area contributed by atoms with Crippen LogP contribution in [0.4, 0.5) is 5.69 Å². The van der Waals surface area contributed by atoms with E-state index < -0.39 is 10.8 Å². The maximum absolute atomic E-state index is 13.7. The van der Waals surface area contributed by atoms with E-state index in [2.05, 4.69) is 5.32 Å². The summed E-state index contributed by atoms with van der Waals surface area (Å²) in [5, 5.41) is 4.18. The summed E-state index contributed by atoms with van der Waals surface area (Å²) in [4.78, 5) is 29.2. The van der Waals surface area contributed by atoms with Crippen LogP contribution in [0.15, 0.2) is 101 Å². The highest BCUT2D eigenvalue weighted by atomic mass is 35.5. The number of halogens is 2. The van der Waals surface area contributed by atoms with Gasteiger partial charge in [-0.1, -0.05) is 59.6 Å². The van der Waals surface area contributed by atoms with Gasteiger partial charge < -0.3 is 10.2 Å². The van der Waals surface area contributed by atoms with Crippen molar-refractivity contribution in [1.82, 2.24) is 5.32 Å². The number of anilines is 1. The van der Waals surface area contributed by atoms with Crippen LogP contribution in [0.1, 0.15) is 31.8 Å². The summed E-state index contributed by atoms with van der Waals surface area (Å²) in [5.41, 5.74) is 3.11. The molecule has 0 saturated heterocycles. The van der Waals surface area contributed by atoms with Gasteiger partial charge in [-0.15, -0.1) is 0 Å². The first-order chi connectivity index (χ1) is 17.9. The van der Waals surface area contributed by atoms with E-state index in [4.69, 9.17) is 23.2 Å². The fraction of sp³-hybridized carbons (Fsp3) is 0.103. The Morgan fingerprint density at radius 3 is 2.16 bits per heavy atom. The molecule has 1 N–H and O–H groups in total. The lowest BCUT2D eigenvalue weighted by Crippen LogP contribution is -2.31. The van der Waals surface area contributed by atoms with Gasteiger partial charge in [0.05, 0.1) is 38.4 Å². The second-order valence-electron chi connectivity index (χ2n) is 8.60. The van der Waals surface area contributed by atoms with E-state index in [1.165, 1.54) is 0 Å². The molecular formula is C29H22Cl2N2O3S. The smallest absolute Gasteiger partial charge is 0.259 e. The first-order valence-electron chi connectivity index (χ1n) is 11.6. The van der Waals surface area contributed by atoms with Crippen LogP contribution in [0.25, 0.3) is 0 Å². The van der Waals surface area contributed by atoms with Gasteiger partial charge in [0.25, 0.3) is 11.8 Å². The summed E-state index contributed by atoms with van der Waals surface area (Å²) in [5.74, 6) is -0.554. The molecule has 0 fully saturated rings. The van der Waals surface area contributed by atoms with Crippen molar-refractivity contribution in [3.05, 3.63) is 123 Å². The zero-order chi connectivity index (χ0) is 25.9. The fourth-order valence-corrected chi connectivity index (χ4v) is 5.80. The average Bonchev–Trinajstić information content (AvgIpc) is 3.00. The summed E-state index contributed by atoms with van der Waals surface area (Å²) >= 11 is 12.0. The third-order valence-electron chi connectivity index (χ3n) is 6.14. The summed E-state index contributed by atoms with van der Waals surface area (Å²) in [6, 6.07) is 26.5. The summed E-state index contributed by atoms with van der Waals surface area (Å²) in [6.45, 7) is 0.665. The molecule has 0 aromatic heterocycles. The van der Waals surface area contributed by atoms with E-state index >= 15 is 0 Å². The van der Waals surface area contributed by atoms with E-state index in [1.54, 1.807) is 59.5 Å². The minimum atomic E-state index is -1.59. The largest absolute Gasteiger partial charge is 0.352 e. The third-order valence-corrected chi connectivity index (χ3v) is 8.14. The van der Waals surface area contributed by atoms with E-state index in [-0.39, 0.29) is 18.4 Å². The number of rotatable bonds is 6. The Hall–Kier alpha value is -3.45. The van der Waals surface area contributed by atoms with Crippen molar-refractivity contribution in [1.29, 1.82) is 0 Å². The van der Waals surface area contributed by atoms with Crippen LogP contribution in [0, 0.1) is 0 Å². The van der Waals surface area contributed by atoms with E-state index in [0.717, 1.165) is 11.1 Å². The number of amides is 2. The molecule has 0 saturated carbocycles. The van der Waals surface area contributed by atoms with Crippen LogP contribution in [0.3, 0.4) is 0 Å². The van der Waals surface area contributed by atoms with Gasteiger partial charge >= 0.3 is 0 Å². The average molecular weight is 549 g/mol. The molecule has 0 unspecified atom stereocenters. The zero-order valence-electron chi connectivity index (χ0n) is 19.6. The molecule has 0 aliphatic carbocycles. The molecule has 1 atom stereocenters. The molecule has 186 valence electrons. The molecule has 0 bridgehead atoms. The van der Waals surface area contributed by atoms with Crippen LogP contribution < -0.4 is 10.2 Å². The molecule has 1 aliphatic heterocycles. The maximum Gasteiger partial charge on any atom is 0.259 e. The molecule has 1 heterocycles. The molecule has 2 amide bonds. The minimum Gasteiger partial charge on any atom is -0.352 e. The van der Waals surface area contributed by atoms with Crippen LogP contribution in [-0.2, 0) is 23.8 Å². The Morgan fingerprint density at radius 1 is 0.811 bits per heavy atom. The van der Waals surface area contributed by atoms with Crippen molar-refractivity contribution in [2.75, 3.05) is 11.4 Å². The standard InChI is InChI=1S/C29H22Cl2N2O3S/c30-22-10-5-19(6-11-22)15-16-32-28(34)21-9-14-27-25(17-21)33(18-20-7-12-23(31)13-8-20)29(35)24-3-1-2-4-26(24)37(27)36/h1-14,17H,15-16,18H2,(H,32,34)/t37-/m0/s1. The van der Waals surface area contributed by atoms with Crippen molar-refractivity contribution in [3.8, 4) is 0 Å². The number of fused-ring (bicyclic) bond motifs is 2. The lowest BCUT2D eigenvalue weighted by atomic mass is 10.1. The molecular weight excluding hydrogens is 527 g/mol. The van der Waals surface area contributed by atoms with Crippen LogP contribution in [-0.4, -0.2) is 22.6 Å². The monoisotopic (exact) mass is 548 g/mol. The Morgan fingerprint density at radius 2 is 1.46 bits per heavy atom. The lowest BCUT2D eigenvalue weighted by Gasteiger charge is -2.23. The van der Waals surface area contributed by atoms with Gasteiger partial charge in [-0.05, 0) is 72.1 Å². The molecule has 5 rings (SSSR count). The summed E-state index contributed by atoms with van der Waals surface area (Å²) < 4.78 is 13.6. The number of hydrogen-bond acceptors (Lipinski definition) is 3. The predicted octanol–water partition coefficient (Wildman–Crippen LogP) is 6.29. The Labute approximate surface area is 227 Å². The molecule has 4 aromatic rings. The molecule has 1 aliphatic rings. The van der Waals surface area contributed by atoms with Crippen molar-refractivity contribution in [3.63, 3.8) is 0 Å². The van der Waals surface area contributed by atoms with Crippen molar-refractivity contribution in [2.45, 2.75) is 22.8 Å². The normalized spacial score (nSPS) is 14.5. The van der Waals surface area contributed by atoms with Gasteiger partial charge in [-0.2, -0.15) is 0 Å². The van der Waals surface area contributed by atoms with Crippen LogP contribution in [0.5, 0.6) is 0 Å². The Kier molecular flexibility index (Phi) is 7.42. The van der Waals surface area contributed by atoms with Gasteiger partial charge in [0.1, 0.15) is 0 Å². The third kappa shape index (κ3) is 5.47. The number of nitrogens with one attached hydrogen (secondary N) is 1. The van der Waals surface area contributed by atoms with Gasteiger partial charge in [-0.25, -0.2) is 4.21 Å². The molecule has 0 spiro atoms. The van der Waals surface area contributed by atoms with E-state index in [9.17, 15) is 13.8 Å². The minimum absolute atomic E-state index is 0.232. The fourth-order valence-electron chi connectivity index (χ4n) is 4.21. The molecule has 8 heteroatoms. The highest BCUT2D eigenvalue weighted by molar-refractivity contribution is 7.85. The molecule has 37 heavy (non-hydrogen) atoms. The predicted molar refractivity (Wildman–Crippen MR) is 147 cm³/mol. The highest BCUT2D eigenvalue weighted by Crippen LogP contribution is 2.36. The molecule has 0 radical (unpaired) electrons. The van der Waals surface area contributed by atoms with E-state index in [0.29, 0.717) is 49.6 Å². The Bertz CT molecular complexity index is 1500. The van der Waals surface area contributed by atoms with Gasteiger partial charge in [0, 0.05) is 22.2 Å². The molecule has 4 aromatic carbocycles. The highest BCUT2D eigenvalue weighted by Gasteiger charge is 2.31. The summed E-state index contributed by atoms with van der Waals surface area (Å²) in [6.07, 6.45) is 0.647. The number of hydrogen-bond donors (Lipinski definition) is 1. The summed E-state index contributed by atoms with van der Waals surface area (Å²) in [7, 11) is -1.59. The number of carbonyl (C=O) groups excluding carboxylic acids is 2. The van der Waals surface area contributed by atoms with Crippen LogP contribution in [0.2, 0.25) is 10.0 Å². The van der Waals surface area contributed by atoms with Crippen LogP contribution >= 0.6 is 23.2 Å². The van der Waals surface area contributed by atoms with Gasteiger partial charge in [-0.3, -0.25) is 9.59 Å².